The van der Waals surface area contributed by atoms with Crippen molar-refractivity contribution in [2.24, 2.45) is 0 Å². The Balaban J connectivity index is 1.67. The summed E-state index contributed by atoms with van der Waals surface area (Å²) in [5, 5.41) is 11.7. The average molecular weight is 451 g/mol. The molecular weight excluding hydrogens is 420 g/mol. The highest BCUT2D eigenvalue weighted by Gasteiger charge is 2.31. The number of rotatable bonds is 11. The van der Waals surface area contributed by atoms with Crippen molar-refractivity contribution in [1.29, 1.82) is 0 Å². The zero-order valence-corrected chi connectivity index (χ0v) is 18.8. The number of benzene rings is 2. The molecule has 0 fully saturated rings. The summed E-state index contributed by atoms with van der Waals surface area (Å²) < 4.78 is 5.49. The fourth-order valence-corrected chi connectivity index (χ4v) is 4.23. The van der Waals surface area contributed by atoms with Crippen LogP contribution >= 0.6 is 0 Å². The lowest BCUT2D eigenvalue weighted by Crippen LogP contribution is -2.50. The number of alkyl carbamates (subject to hydrolysis) is 1. The summed E-state index contributed by atoms with van der Waals surface area (Å²) in [7, 11) is 0. The maximum atomic E-state index is 12.9. The van der Waals surface area contributed by atoms with Crippen LogP contribution in [0.5, 0.6) is 0 Å². The third-order valence-corrected chi connectivity index (χ3v) is 5.84. The quantitative estimate of drug-likeness (QED) is 0.395. The first kappa shape index (κ1) is 24.0. The summed E-state index contributed by atoms with van der Waals surface area (Å²) in [4.78, 5) is 38.3. The van der Waals surface area contributed by atoms with Gasteiger partial charge < -0.3 is 20.1 Å². The molecule has 2 amide bonds. The summed E-state index contributed by atoms with van der Waals surface area (Å²) >= 11 is 0. The molecule has 3 rings (SSSR count). The largest absolute Gasteiger partial charge is 0.481 e. The van der Waals surface area contributed by atoms with E-state index < -0.39 is 30.4 Å². The number of carbonyl (C=O) groups is 3. The van der Waals surface area contributed by atoms with Gasteiger partial charge in [0, 0.05) is 19.0 Å². The second kappa shape index (κ2) is 11.3. The van der Waals surface area contributed by atoms with Crippen molar-refractivity contribution < 1.29 is 24.2 Å². The van der Waals surface area contributed by atoms with Crippen molar-refractivity contribution >= 4 is 18.0 Å². The highest BCUT2D eigenvalue weighted by Crippen LogP contribution is 2.44. The normalized spacial score (nSPS) is 12.9. The number of carbonyl (C=O) groups excluding carboxylic acids is 2. The number of aliphatic carboxylic acids is 1. The van der Waals surface area contributed by atoms with Gasteiger partial charge in [0.15, 0.2) is 0 Å². The Morgan fingerprint density at radius 2 is 1.73 bits per heavy atom. The van der Waals surface area contributed by atoms with Gasteiger partial charge in [-0.3, -0.25) is 9.59 Å². The zero-order valence-electron chi connectivity index (χ0n) is 18.8. The van der Waals surface area contributed by atoms with Crippen LogP contribution in [0.25, 0.3) is 11.1 Å². The minimum absolute atomic E-state index is 0.0880. The van der Waals surface area contributed by atoms with Crippen LogP contribution < -0.4 is 5.32 Å². The molecule has 33 heavy (non-hydrogen) atoms. The van der Waals surface area contributed by atoms with E-state index in [-0.39, 0.29) is 12.5 Å². The summed E-state index contributed by atoms with van der Waals surface area (Å²) in [5.74, 6) is -1.73. The van der Waals surface area contributed by atoms with Crippen molar-refractivity contribution in [2.45, 2.75) is 38.1 Å². The first-order valence-corrected chi connectivity index (χ1v) is 11.2. The number of allylic oxidation sites excluding steroid dienone is 1. The number of carboxylic acid groups (broad SMARTS) is 1. The van der Waals surface area contributed by atoms with Gasteiger partial charge in [0.25, 0.3) is 0 Å². The van der Waals surface area contributed by atoms with E-state index in [1.54, 1.807) is 11.0 Å². The molecule has 2 aromatic rings. The van der Waals surface area contributed by atoms with E-state index in [1.807, 2.05) is 55.5 Å². The van der Waals surface area contributed by atoms with E-state index in [0.29, 0.717) is 19.5 Å². The Morgan fingerprint density at radius 3 is 2.27 bits per heavy atom. The zero-order chi connectivity index (χ0) is 23.8. The third-order valence-electron chi connectivity index (χ3n) is 5.84. The van der Waals surface area contributed by atoms with Crippen molar-refractivity contribution in [3.8, 4) is 11.1 Å². The number of unbranched alkanes of at least 4 members (excludes halogenated alkanes) is 1. The summed E-state index contributed by atoms with van der Waals surface area (Å²) in [6, 6.07) is 14.8. The first-order chi connectivity index (χ1) is 16.0. The molecule has 0 bridgehead atoms. The Bertz CT molecular complexity index is 974. The second-order valence-corrected chi connectivity index (χ2v) is 7.97. The van der Waals surface area contributed by atoms with Crippen LogP contribution in [0.1, 0.15) is 43.2 Å². The molecule has 0 aromatic heterocycles. The summed E-state index contributed by atoms with van der Waals surface area (Å²) in [5.41, 5.74) is 4.37. The van der Waals surface area contributed by atoms with E-state index in [4.69, 9.17) is 4.74 Å². The van der Waals surface area contributed by atoms with Gasteiger partial charge in [-0.2, -0.15) is 0 Å². The molecule has 174 valence electrons. The number of likely N-dealkylation sites (N-methyl/N-ethyl adjacent to an activating group) is 1. The Labute approximate surface area is 194 Å². The lowest BCUT2D eigenvalue weighted by atomic mass is 9.98. The molecule has 7 nitrogen and oxygen atoms in total. The lowest BCUT2D eigenvalue weighted by Gasteiger charge is -2.26. The molecule has 2 aromatic carbocycles. The Hall–Kier alpha value is -3.61. The van der Waals surface area contributed by atoms with Crippen LogP contribution in [-0.2, 0) is 14.3 Å². The number of nitrogens with one attached hydrogen (secondary N) is 1. The number of carboxylic acids is 1. The van der Waals surface area contributed by atoms with Gasteiger partial charge in [-0.05, 0) is 42.0 Å². The van der Waals surface area contributed by atoms with Crippen molar-refractivity contribution in [2.75, 3.05) is 19.7 Å². The second-order valence-electron chi connectivity index (χ2n) is 7.97. The molecular formula is C26H30N2O5. The number of ether oxygens (including phenoxy) is 1. The SMILES string of the molecule is C=CCCCN(CC)C(=O)C(CC(=O)O)NC(=O)OCC1c2ccccc2-c2ccccc21. The summed E-state index contributed by atoms with van der Waals surface area (Å²) in [6.45, 7) is 6.45. The van der Waals surface area contributed by atoms with Gasteiger partial charge in [0.05, 0.1) is 6.42 Å². The number of hydrogen-bond acceptors (Lipinski definition) is 4. The molecule has 0 radical (unpaired) electrons. The van der Waals surface area contributed by atoms with Crippen LogP contribution in [0.2, 0.25) is 0 Å². The Kier molecular flexibility index (Phi) is 8.24. The van der Waals surface area contributed by atoms with Gasteiger partial charge in [-0.25, -0.2) is 4.79 Å². The Morgan fingerprint density at radius 1 is 1.12 bits per heavy atom. The van der Waals surface area contributed by atoms with E-state index in [0.717, 1.165) is 28.7 Å². The topological polar surface area (TPSA) is 95.9 Å². The van der Waals surface area contributed by atoms with Crippen LogP contribution in [0.15, 0.2) is 61.2 Å². The van der Waals surface area contributed by atoms with Crippen molar-refractivity contribution in [3.63, 3.8) is 0 Å². The maximum Gasteiger partial charge on any atom is 0.407 e. The van der Waals surface area contributed by atoms with Gasteiger partial charge >= 0.3 is 12.1 Å². The molecule has 1 aliphatic rings. The molecule has 2 N–H and O–H groups in total. The van der Waals surface area contributed by atoms with Crippen LogP contribution in [0.4, 0.5) is 4.79 Å². The maximum absolute atomic E-state index is 12.9. The standard InChI is InChI=1S/C26H30N2O5/c1-3-5-10-15-28(4-2)25(31)23(16-24(29)30)27-26(32)33-17-22-20-13-8-6-11-18(20)19-12-7-9-14-21(19)22/h3,6-9,11-14,22-23H,1,4-5,10,15-17H2,2H3,(H,27,32)(H,29,30). The molecule has 1 unspecified atom stereocenters. The predicted octanol–water partition coefficient (Wildman–Crippen LogP) is 4.18. The fourth-order valence-electron chi connectivity index (χ4n) is 4.23. The number of amides is 2. The van der Waals surface area contributed by atoms with E-state index >= 15 is 0 Å². The number of hydrogen-bond donors (Lipinski definition) is 2. The smallest absolute Gasteiger partial charge is 0.407 e. The average Bonchev–Trinajstić information content (AvgIpc) is 3.13. The minimum Gasteiger partial charge on any atom is -0.481 e. The molecule has 0 spiro atoms. The van der Waals surface area contributed by atoms with Gasteiger partial charge in [-0.1, -0.05) is 54.6 Å². The van der Waals surface area contributed by atoms with Gasteiger partial charge in [0.1, 0.15) is 12.6 Å². The molecule has 0 saturated heterocycles. The summed E-state index contributed by atoms with van der Waals surface area (Å²) in [6.07, 6.45) is 1.91. The monoisotopic (exact) mass is 450 g/mol. The highest BCUT2D eigenvalue weighted by molar-refractivity contribution is 5.89. The molecule has 0 aliphatic heterocycles. The predicted molar refractivity (Wildman–Crippen MR) is 126 cm³/mol. The molecule has 1 aliphatic carbocycles. The lowest BCUT2D eigenvalue weighted by molar-refractivity contribution is -0.142. The van der Waals surface area contributed by atoms with Crippen LogP contribution in [-0.4, -0.2) is 53.7 Å². The van der Waals surface area contributed by atoms with Crippen molar-refractivity contribution in [1.82, 2.24) is 10.2 Å². The fraction of sp³-hybridized carbons (Fsp3) is 0.346. The molecule has 0 heterocycles. The molecule has 7 heteroatoms. The van der Waals surface area contributed by atoms with Crippen LogP contribution in [0.3, 0.4) is 0 Å². The van der Waals surface area contributed by atoms with E-state index in [2.05, 4.69) is 11.9 Å². The minimum atomic E-state index is -1.19. The molecule has 0 saturated carbocycles. The van der Waals surface area contributed by atoms with Crippen molar-refractivity contribution in [3.05, 3.63) is 72.3 Å². The van der Waals surface area contributed by atoms with Crippen LogP contribution in [0, 0.1) is 0 Å². The third kappa shape index (κ3) is 5.80. The molecule has 1 atom stereocenters. The number of fused-ring (bicyclic) bond motifs is 3. The van der Waals surface area contributed by atoms with Gasteiger partial charge in [-0.15, -0.1) is 6.58 Å². The van der Waals surface area contributed by atoms with Gasteiger partial charge in [0.2, 0.25) is 5.91 Å². The van der Waals surface area contributed by atoms with E-state index in [9.17, 15) is 19.5 Å². The number of nitrogens with zero attached hydrogens (tertiary/aromatic N) is 1. The first-order valence-electron chi connectivity index (χ1n) is 11.2. The van der Waals surface area contributed by atoms with E-state index in [1.165, 1.54) is 0 Å². The highest BCUT2D eigenvalue weighted by atomic mass is 16.5.